The van der Waals surface area contributed by atoms with Crippen molar-refractivity contribution in [2.45, 2.75) is 37.6 Å². The largest absolute Gasteiger partial charge is 0.316 e. The summed E-state index contributed by atoms with van der Waals surface area (Å²) >= 11 is 0. The maximum absolute atomic E-state index is 12.2. The fraction of sp³-hybridized carbons (Fsp3) is 0.571. The first kappa shape index (κ1) is 14.5. The zero-order valence-corrected chi connectivity index (χ0v) is 12.4. The van der Waals surface area contributed by atoms with E-state index in [0.717, 1.165) is 31.4 Å². The lowest BCUT2D eigenvalue weighted by Gasteiger charge is -2.14. The van der Waals surface area contributed by atoms with Crippen molar-refractivity contribution in [2.75, 3.05) is 13.6 Å². The van der Waals surface area contributed by atoms with E-state index in [4.69, 9.17) is 0 Å². The topological polar surface area (TPSA) is 58.2 Å². The Morgan fingerprint density at radius 3 is 2.32 bits per heavy atom. The van der Waals surface area contributed by atoms with Crippen LogP contribution in [0.25, 0.3) is 0 Å². The minimum absolute atomic E-state index is 0.221. The van der Waals surface area contributed by atoms with Crippen LogP contribution in [0.5, 0.6) is 0 Å². The number of sulfonamides is 1. The minimum Gasteiger partial charge on any atom is -0.316 e. The molecule has 0 aromatic heterocycles. The van der Waals surface area contributed by atoms with Crippen molar-refractivity contribution in [3.8, 4) is 0 Å². The van der Waals surface area contributed by atoms with Crippen molar-refractivity contribution in [1.29, 1.82) is 0 Å². The van der Waals surface area contributed by atoms with Gasteiger partial charge in [-0.2, -0.15) is 0 Å². The van der Waals surface area contributed by atoms with Gasteiger partial charge in [0.25, 0.3) is 0 Å². The predicted molar refractivity (Wildman–Crippen MR) is 76.4 cm³/mol. The summed E-state index contributed by atoms with van der Waals surface area (Å²) in [5.74, 6) is 0. The summed E-state index contributed by atoms with van der Waals surface area (Å²) < 4.78 is 27.1. The Morgan fingerprint density at radius 1 is 1.21 bits per heavy atom. The van der Waals surface area contributed by atoms with Crippen LogP contribution in [0.1, 0.15) is 31.7 Å². The highest BCUT2D eigenvalue weighted by molar-refractivity contribution is 7.89. The highest BCUT2D eigenvalue weighted by atomic mass is 32.2. The number of hydrogen-bond acceptors (Lipinski definition) is 3. The van der Waals surface area contributed by atoms with Gasteiger partial charge in [-0.15, -0.1) is 0 Å². The van der Waals surface area contributed by atoms with E-state index in [1.807, 2.05) is 19.2 Å². The number of nitrogens with one attached hydrogen (secondary N) is 2. The van der Waals surface area contributed by atoms with Crippen LogP contribution in [0.3, 0.4) is 0 Å². The number of hydrogen-bond donors (Lipinski definition) is 2. The summed E-state index contributed by atoms with van der Waals surface area (Å²) in [5.41, 5.74) is 1.30. The summed E-state index contributed by atoms with van der Waals surface area (Å²) in [6.45, 7) is 3.42. The second-order valence-electron chi connectivity index (χ2n) is 5.35. The molecule has 0 spiro atoms. The molecule has 1 fully saturated rings. The van der Waals surface area contributed by atoms with E-state index in [9.17, 15) is 8.42 Å². The molecule has 0 bridgehead atoms. The average molecular weight is 282 g/mol. The Bertz CT molecular complexity index is 519. The average Bonchev–Trinajstić information content (AvgIpc) is 3.18. The normalized spacial score (nSPS) is 17.4. The molecule has 0 unspecified atom stereocenters. The zero-order chi connectivity index (χ0) is 13.9. The van der Waals surface area contributed by atoms with Gasteiger partial charge >= 0.3 is 0 Å². The fourth-order valence-corrected chi connectivity index (χ4v) is 3.31. The molecular formula is C14H22N2O2S. The molecule has 106 valence electrons. The maximum Gasteiger partial charge on any atom is 0.240 e. The lowest BCUT2D eigenvalue weighted by molar-refractivity contribution is 0.475. The molecule has 1 aliphatic rings. The summed E-state index contributed by atoms with van der Waals surface area (Å²) in [6.07, 6.45) is 3.30. The van der Waals surface area contributed by atoms with E-state index in [1.165, 1.54) is 0 Å². The molecule has 1 aromatic rings. The quantitative estimate of drug-likeness (QED) is 0.803. The van der Waals surface area contributed by atoms with E-state index < -0.39 is 10.0 Å². The molecular weight excluding hydrogens is 260 g/mol. The lowest BCUT2D eigenvalue weighted by Crippen LogP contribution is -2.30. The van der Waals surface area contributed by atoms with Gasteiger partial charge in [-0.05, 0) is 49.4 Å². The van der Waals surface area contributed by atoms with Crippen molar-refractivity contribution < 1.29 is 8.42 Å². The van der Waals surface area contributed by atoms with Crippen molar-refractivity contribution >= 4 is 10.0 Å². The Labute approximate surface area is 115 Å². The molecule has 19 heavy (non-hydrogen) atoms. The van der Waals surface area contributed by atoms with E-state index in [0.29, 0.717) is 11.4 Å². The molecule has 1 aromatic carbocycles. The van der Waals surface area contributed by atoms with Crippen LogP contribution in [0.4, 0.5) is 0 Å². The second-order valence-corrected chi connectivity index (χ2v) is 7.12. The smallest absolute Gasteiger partial charge is 0.240 e. The molecule has 5 heteroatoms. The van der Waals surface area contributed by atoms with E-state index in [1.54, 1.807) is 12.1 Å². The lowest BCUT2D eigenvalue weighted by atomic mass is 10.1. The van der Waals surface area contributed by atoms with Gasteiger partial charge in [-0.1, -0.05) is 19.1 Å². The highest BCUT2D eigenvalue weighted by Crippen LogP contribution is 2.48. The standard InChI is InChI=1S/C14H22N2O2S/c1-3-14(8-9-14)11-16-19(17,18)13-6-4-12(5-7-13)10-15-2/h4-7,15-16H,3,8-11H2,1-2H3. The first-order valence-corrected chi connectivity index (χ1v) is 8.23. The third kappa shape index (κ3) is 3.55. The molecule has 0 amide bonds. The van der Waals surface area contributed by atoms with Crippen molar-refractivity contribution in [1.82, 2.24) is 10.0 Å². The van der Waals surface area contributed by atoms with Gasteiger partial charge in [0.15, 0.2) is 0 Å². The summed E-state index contributed by atoms with van der Waals surface area (Å²) in [5, 5.41) is 3.04. The van der Waals surface area contributed by atoms with Gasteiger partial charge in [0, 0.05) is 13.1 Å². The SMILES string of the molecule is CCC1(CNS(=O)(=O)c2ccc(CNC)cc2)CC1. The van der Waals surface area contributed by atoms with E-state index in [2.05, 4.69) is 17.0 Å². The Morgan fingerprint density at radius 2 is 1.84 bits per heavy atom. The fourth-order valence-electron chi connectivity index (χ4n) is 2.15. The van der Waals surface area contributed by atoms with Crippen LogP contribution >= 0.6 is 0 Å². The van der Waals surface area contributed by atoms with E-state index in [-0.39, 0.29) is 5.41 Å². The number of benzene rings is 1. The van der Waals surface area contributed by atoms with Crippen LogP contribution in [-0.4, -0.2) is 22.0 Å². The molecule has 0 saturated heterocycles. The summed E-state index contributed by atoms with van der Waals surface area (Å²) in [4.78, 5) is 0.347. The first-order valence-electron chi connectivity index (χ1n) is 6.74. The molecule has 0 atom stereocenters. The Kier molecular flexibility index (Phi) is 4.28. The van der Waals surface area contributed by atoms with Crippen molar-refractivity contribution in [3.63, 3.8) is 0 Å². The number of rotatable bonds is 7. The summed E-state index contributed by atoms with van der Waals surface area (Å²) in [7, 11) is -1.50. The van der Waals surface area contributed by atoms with Crippen LogP contribution in [0.15, 0.2) is 29.2 Å². The Balaban J connectivity index is 2.02. The van der Waals surface area contributed by atoms with Crippen molar-refractivity contribution in [2.24, 2.45) is 5.41 Å². The molecule has 1 aliphatic carbocycles. The van der Waals surface area contributed by atoms with Gasteiger partial charge in [-0.3, -0.25) is 0 Å². The summed E-state index contributed by atoms with van der Waals surface area (Å²) in [6, 6.07) is 7.02. The third-order valence-electron chi connectivity index (χ3n) is 3.96. The molecule has 0 radical (unpaired) electrons. The second kappa shape index (κ2) is 5.61. The molecule has 0 aliphatic heterocycles. The zero-order valence-electron chi connectivity index (χ0n) is 11.6. The van der Waals surface area contributed by atoms with E-state index >= 15 is 0 Å². The molecule has 2 N–H and O–H groups in total. The van der Waals surface area contributed by atoms with Gasteiger partial charge in [0.2, 0.25) is 10.0 Å². The van der Waals surface area contributed by atoms with Crippen LogP contribution in [0.2, 0.25) is 0 Å². The van der Waals surface area contributed by atoms with Crippen LogP contribution < -0.4 is 10.0 Å². The van der Waals surface area contributed by atoms with Crippen LogP contribution in [-0.2, 0) is 16.6 Å². The first-order chi connectivity index (χ1) is 9.01. The Hall–Kier alpha value is -0.910. The van der Waals surface area contributed by atoms with Crippen LogP contribution in [0, 0.1) is 5.41 Å². The molecule has 2 rings (SSSR count). The maximum atomic E-state index is 12.2. The molecule has 4 nitrogen and oxygen atoms in total. The van der Waals surface area contributed by atoms with Gasteiger partial charge in [-0.25, -0.2) is 13.1 Å². The predicted octanol–water partition coefficient (Wildman–Crippen LogP) is 1.87. The third-order valence-corrected chi connectivity index (χ3v) is 5.38. The van der Waals surface area contributed by atoms with Gasteiger partial charge in [0.1, 0.15) is 0 Å². The molecule has 1 saturated carbocycles. The molecule has 0 heterocycles. The highest BCUT2D eigenvalue weighted by Gasteiger charge is 2.41. The minimum atomic E-state index is -3.37. The van der Waals surface area contributed by atoms with Crippen molar-refractivity contribution in [3.05, 3.63) is 29.8 Å². The van der Waals surface area contributed by atoms with Gasteiger partial charge < -0.3 is 5.32 Å². The monoisotopic (exact) mass is 282 g/mol. The van der Waals surface area contributed by atoms with Gasteiger partial charge in [0.05, 0.1) is 4.90 Å².